The van der Waals surface area contributed by atoms with Gasteiger partial charge in [-0.2, -0.15) is 0 Å². The molecule has 0 saturated heterocycles. The van der Waals surface area contributed by atoms with E-state index in [4.69, 9.17) is 21.1 Å². The van der Waals surface area contributed by atoms with Gasteiger partial charge in [-0.1, -0.05) is 39.7 Å². The fraction of sp³-hybridized carbons (Fsp3) is 0.500. The summed E-state index contributed by atoms with van der Waals surface area (Å²) < 4.78 is 10.9. The summed E-state index contributed by atoms with van der Waals surface area (Å²) in [5.41, 5.74) is 1.08. The minimum atomic E-state index is 0.0270. The van der Waals surface area contributed by atoms with Gasteiger partial charge in [0.2, 0.25) is 0 Å². The number of alkyl halides is 1. The lowest BCUT2D eigenvalue weighted by atomic mass is 10.1. The average Bonchev–Trinajstić information content (AvgIpc) is 2.29. The van der Waals surface area contributed by atoms with E-state index in [0.29, 0.717) is 13.2 Å². The lowest BCUT2D eigenvalue weighted by molar-refractivity contribution is 0.0171. The molecule has 16 heavy (non-hydrogen) atoms. The first kappa shape index (κ1) is 14.0. The van der Waals surface area contributed by atoms with Gasteiger partial charge in [0, 0.05) is 17.0 Å². The van der Waals surface area contributed by atoms with E-state index in [9.17, 15) is 0 Å². The number of rotatable bonds is 7. The molecular formula is C12H16BrClO2. The van der Waals surface area contributed by atoms with Crippen LogP contribution in [0.5, 0.6) is 0 Å². The van der Waals surface area contributed by atoms with Crippen LogP contribution in [0.2, 0.25) is 5.02 Å². The smallest absolute Gasteiger partial charge is 0.0923 e. The maximum Gasteiger partial charge on any atom is 0.0923 e. The van der Waals surface area contributed by atoms with Crippen molar-refractivity contribution in [2.45, 2.75) is 13.0 Å². The van der Waals surface area contributed by atoms with E-state index in [0.717, 1.165) is 22.5 Å². The molecule has 1 rings (SSSR count). The number of halogens is 2. The highest BCUT2D eigenvalue weighted by Gasteiger charge is 2.10. The molecule has 0 heterocycles. The predicted octanol–water partition coefficient (Wildman–Crippen LogP) is 3.83. The van der Waals surface area contributed by atoms with Crippen LogP contribution in [0, 0.1) is 0 Å². The van der Waals surface area contributed by atoms with Crippen molar-refractivity contribution in [3.8, 4) is 0 Å². The molecule has 4 heteroatoms. The molecule has 0 spiro atoms. The second kappa shape index (κ2) is 8.07. The molecule has 0 aliphatic heterocycles. The van der Waals surface area contributed by atoms with Crippen LogP contribution in [0.3, 0.4) is 0 Å². The Bertz CT molecular complexity index is 307. The van der Waals surface area contributed by atoms with E-state index in [1.807, 2.05) is 31.2 Å². The van der Waals surface area contributed by atoms with Crippen LogP contribution >= 0.6 is 27.5 Å². The Morgan fingerprint density at radius 3 is 2.81 bits per heavy atom. The van der Waals surface area contributed by atoms with Crippen LogP contribution in [0.25, 0.3) is 0 Å². The normalized spacial score (nSPS) is 12.7. The highest BCUT2D eigenvalue weighted by atomic mass is 79.9. The van der Waals surface area contributed by atoms with Crippen molar-refractivity contribution >= 4 is 27.5 Å². The molecule has 0 aromatic heterocycles. The van der Waals surface area contributed by atoms with Gasteiger partial charge in [0.15, 0.2) is 0 Å². The maximum atomic E-state index is 5.93. The number of ether oxygens (including phenoxy) is 2. The molecule has 1 aromatic rings. The molecule has 0 aliphatic rings. The first-order valence-corrected chi connectivity index (χ1v) is 6.78. The zero-order valence-electron chi connectivity index (χ0n) is 9.29. The summed E-state index contributed by atoms with van der Waals surface area (Å²) in [5.74, 6) is 0. The van der Waals surface area contributed by atoms with Crippen LogP contribution in [0.15, 0.2) is 24.3 Å². The van der Waals surface area contributed by atoms with Gasteiger partial charge in [0.05, 0.1) is 19.3 Å². The van der Waals surface area contributed by atoms with E-state index in [1.165, 1.54) is 0 Å². The Balaban J connectivity index is 2.47. The highest BCUT2D eigenvalue weighted by molar-refractivity contribution is 9.09. The van der Waals surface area contributed by atoms with Crippen LogP contribution in [-0.2, 0) is 9.47 Å². The minimum absolute atomic E-state index is 0.0270. The summed E-state index contributed by atoms with van der Waals surface area (Å²) in [7, 11) is 0. The van der Waals surface area contributed by atoms with Gasteiger partial charge in [-0.15, -0.1) is 0 Å². The molecular weight excluding hydrogens is 291 g/mol. The highest BCUT2D eigenvalue weighted by Crippen LogP contribution is 2.22. The number of hydrogen-bond acceptors (Lipinski definition) is 2. The van der Waals surface area contributed by atoms with Gasteiger partial charge in [0.25, 0.3) is 0 Å². The summed E-state index contributed by atoms with van der Waals surface area (Å²) in [5, 5.41) is 1.48. The van der Waals surface area contributed by atoms with Gasteiger partial charge in [0.1, 0.15) is 0 Å². The topological polar surface area (TPSA) is 18.5 Å². The van der Waals surface area contributed by atoms with Crippen LogP contribution in [0.1, 0.15) is 18.6 Å². The van der Waals surface area contributed by atoms with Crippen molar-refractivity contribution in [3.05, 3.63) is 34.9 Å². The van der Waals surface area contributed by atoms with Crippen molar-refractivity contribution < 1.29 is 9.47 Å². The fourth-order valence-electron chi connectivity index (χ4n) is 1.33. The zero-order chi connectivity index (χ0) is 11.8. The molecule has 1 unspecified atom stereocenters. The summed E-state index contributed by atoms with van der Waals surface area (Å²) >= 11 is 9.37. The third-order valence-corrected chi connectivity index (χ3v) is 2.93. The number of hydrogen-bond donors (Lipinski definition) is 0. The summed E-state index contributed by atoms with van der Waals surface area (Å²) in [6, 6.07) is 7.72. The quantitative estimate of drug-likeness (QED) is 0.563. The summed E-state index contributed by atoms with van der Waals surface area (Å²) in [6.45, 7) is 3.91. The Morgan fingerprint density at radius 1 is 1.38 bits per heavy atom. The molecule has 90 valence electrons. The van der Waals surface area contributed by atoms with Gasteiger partial charge in [-0.3, -0.25) is 0 Å². The lowest BCUT2D eigenvalue weighted by Gasteiger charge is -2.16. The van der Waals surface area contributed by atoms with Crippen LogP contribution in [-0.4, -0.2) is 25.2 Å². The Kier molecular flexibility index (Phi) is 7.05. The minimum Gasteiger partial charge on any atom is -0.379 e. The molecule has 0 aliphatic carbocycles. The van der Waals surface area contributed by atoms with Crippen molar-refractivity contribution in [2.75, 3.05) is 25.2 Å². The summed E-state index contributed by atoms with van der Waals surface area (Å²) in [6.07, 6.45) is 0.0270. The second-order valence-electron chi connectivity index (χ2n) is 3.27. The van der Waals surface area contributed by atoms with Gasteiger partial charge >= 0.3 is 0 Å². The van der Waals surface area contributed by atoms with Crippen molar-refractivity contribution in [3.63, 3.8) is 0 Å². The molecule has 2 nitrogen and oxygen atoms in total. The SMILES string of the molecule is CCOCCOC(CBr)c1cccc(Cl)c1. The third kappa shape index (κ3) is 4.83. The Hall–Kier alpha value is -0.0900. The van der Waals surface area contributed by atoms with E-state index in [1.54, 1.807) is 0 Å². The maximum absolute atomic E-state index is 5.93. The van der Waals surface area contributed by atoms with Gasteiger partial charge in [-0.25, -0.2) is 0 Å². The van der Waals surface area contributed by atoms with E-state index >= 15 is 0 Å². The molecule has 0 bridgehead atoms. The first-order chi connectivity index (χ1) is 7.77. The number of benzene rings is 1. The van der Waals surface area contributed by atoms with E-state index < -0.39 is 0 Å². The van der Waals surface area contributed by atoms with Crippen LogP contribution in [0.4, 0.5) is 0 Å². The van der Waals surface area contributed by atoms with E-state index in [2.05, 4.69) is 15.9 Å². The first-order valence-electron chi connectivity index (χ1n) is 5.28. The lowest BCUT2D eigenvalue weighted by Crippen LogP contribution is -2.11. The largest absolute Gasteiger partial charge is 0.379 e. The molecule has 1 atom stereocenters. The zero-order valence-corrected chi connectivity index (χ0v) is 11.6. The standard InChI is InChI=1S/C12H16BrClO2/c1-2-15-6-7-16-12(9-13)10-4-3-5-11(14)8-10/h3-5,8,12H,2,6-7,9H2,1H3. The van der Waals surface area contributed by atoms with Gasteiger partial charge in [-0.05, 0) is 24.6 Å². The monoisotopic (exact) mass is 306 g/mol. The molecule has 0 radical (unpaired) electrons. The molecule has 1 aromatic carbocycles. The van der Waals surface area contributed by atoms with Crippen molar-refractivity contribution in [2.24, 2.45) is 0 Å². The summed E-state index contributed by atoms with van der Waals surface area (Å²) in [4.78, 5) is 0. The average molecular weight is 308 g/mol. The predicted molar refractivity (Wildman–Crippen MR) is 70.4 cm³/mol. The van der Waals surface area contributed by atoms with Gasteiger partial charge < -0.3 is 9.47 Å². The molecule has 0 N–H and O–H groups in total. The van der Waals surface area contributed by atoms with E-state index in [-0.39, 0.29) is 6.10 Å². The third-order valence-electron chi connectivity index (χ3n) is 2.11. The Labute approximate surface area is 110 Å². The van der Waals surface area contributed by atoms with Crippen LogP contribution < -0.4 is 0 Å². The fourth-order valence-corrected chi connectivity index (χ4v) is 2.09. The van der Waals surface area contributed by atoms with Crippen molar-refractivity contribution in [1.82, 2.24) is 0 Å². The second-order valence-corrected chi connectivity index (χ2v) is 4.35. The molecule has 0 amide bonds. The van der Waals surface area contributed by atoms with Crippen molar-refractivity contribution in [1.29, 1.82) is 0 Å². The Morgan fingerprint density at radius 2 is 2.19 bits per heavy atom. The molecule has 0 saturated carbocycles. The molecule has 0 fully saturated rings.